The van der Waals surface area contributed by atoms with Crippen LogP contribution in [0.2, 0.25) is 0 Å². The first-order chi connectivity index (χ1) is 9.58. The van der Waals surface area contributed by atoms with Crippen molar-refractivity contribution in [2.24, 2.45) is 5.10 Å². The maximum absolute atomic E-state index is 11.8. The molecule has 0 saturated heterocycles. The Morgan fingerprint density at radius 3 is 2.75 bits per heavy atom. The predicted octanol–water partition coefficient (Wildman–Crippen LogP) is 2.95. The van der Waals surface area contributed by atoms with E-state index in [1.165, 1.54) is 0 Å². The van der Waals surface area contributed by atoms with Crippen molar-refractivity contribution in [3.63, 3.8) is 0 Å². The van der Waals surface area contributed by atoms with Crippen LogP contribution in [0.15, 0.2) is 47.2 Å². The Kier molecular flexibility index (Phi) is 4.20. The maximum Gasteiger partial charge on any atom is 0.201 e. The molecule has 0 saturated carbocycles. The number of hydrazone groups is 1. The minimum absolute atomic E-state index is 0.120. The number of carbonyl (C=O) groups is 1. The molecule has 20 heavy (non-hydrogen) atoms. The fourth-order valence-electron chi connectivity index (χ4n) is 1.67. The lowest BCUT2D eigenvalue weighted by molar-refractivity contribution is -0.109. The highest BCUT2D eigenvalue weighted by Crippen LogP contribution is 2.18. The highest BCUT2D eigenvalue weighted by atomic mass is 16.1. The molecule has 1 N–H and O–H groups in total. The van der Waals surface area contributed by atoms with Crippen LogP contribution in [0.4, 0.5) is 5.82 Å². The smallest absolute Gasteiger partial charge is 0.201 e. The second-order valence-corrected chi connectivity index (χ2v) is 4.68. The molecule has 1 heterocycles. The lowest BCUT2D eigenvalue weighted by Crippen LogP contribution is -2.10. The van der Waals surface area contributed by atoms with Crippen molar-refractivity contribution >= 4 is 28.1 Å². The third-order valence-electron chi connectivity index (χ3n) is 2.68. The minimum Gasteiger partial charge on any atom is -0.288 e. The van der Waals surface area contributed by atoms with E-state index in [0.717, 1.165) is 16.3 Å². The van der Waals surface area contributed by atoms with E-state index < -0.39 is 0 Å². The number of ketones is 1. The molecule has 0 aliphatic heterocycles. The first-order valence-corrected chi connectivity index (χ1v) is 6.28. The van der Waals surface area contributed by atoms with Gasteiger partial charge in [0.1, 0.15) is 5.71 Å². The highest BCUT2D eigenvalue weighted by molar-refractivity contribution is 6.43. The van der Waals surface area contributed by atoms with Gasteiger partial charge in [-0.05, 0) is 26.8 Å². The molecule has 0 radical (unpaired) electrons. The molecule has 0 aliphatic rings. The van der Waals surface area contributed by atoms with Crippen LogP contribution in [0.5, 0.6) is 0 Å². The predicted molar refractivity (Wildman–Crippen MR) is 80.7 cm³/mol. The third-order valence-corrected chi connectivity index (χ3v) is 2.68. The Balaban J connectivity index is 2.25. The lowest BCUT2D eigenvalue weighted by Gasteiger charge is -2.04. The van der Waals surface area contributed by atoms with Crippen LogP contribution in [0.25, 0.3) is 10.8 Å². The lowest BCUT2D eigenvalue weighted by atomic mass is 10.2. The van der Waals surface area contributed by atoms with E-state index >= 15 is 0 Å². The number of fused-ring (bicyclic) bond motifs is 1. The molecule has 2 aromatic rings. The van der Waals surface area contributed by atoms with Gasteiger partial charge in [-0.2, -0.15) is 10.2 Å². The number of rotatable bonds is 4. The topological polar surface area (TPSA) is 67.2 Å². The van der Waals surface area contributed by atoms with E-state index in [-0.39, 0.29) is 5.78 Å². The first-order valence-electron chi connectivity index (χ1n) is 6.28. The Bertz CT molecular complexity index is 695. The van der Waals surface area contributed by atoms with Crippen molar-refractivity contribution in [3.05, 3.63) is 42.1 Å². The molecular formula is C15H16N4O. The average molecular weight is 268 g/mol. The molecule has 2 rings (SSSR count). The summed E-state index contributed by atoms with van der Waals surface area (Å²) < 4.78 is 0. The second kappa shape index (κ2) is 6.06. The summed E-state index contributed by atoms with van der Waals surface area (Å²) in [5.41, 5.74) is 4.12. The van der Waals surface area contributed by atoms with E-state index in [2.05, 4.69) is 20.7 Å². The van der Waals surface area contributed by atoms with Gasteiger partial charge in [-0.1, -0.05) is 29.8 Å². The number of anilines is 1. The van der Waals surface area contributed by atoms with Gasteiger partial charge < -0.3 is 0 Å². The molecule has 0 fully saturated rings. The van der Waals surface area contributed by atoms with E-state index in [0.29, 0.717) is 11.5 Å². The molecule has 0 bridgehead atoms. The summed E-state index contributed by atoms with van der Waals surface area (Å²) in [5, 5.41) is 13.9. The van der Waals surface area contributed by atoms with Gasteiger partial charge in [-0.3, -0.25) is 10.2 Å². The summed E-state index contributed by atoms with van der Waals surface area (Å²) in [6, 6.07) is 7.72. The molecule has 0 amide bonds. The second-order valence-electron chi connectivity index (χ2n) is 4.68. The Labute approximate surface area is 117 Å². The van der Waals surface area contributed by atoms with Crippen LogP contribution >= 0.6 is 0 Å². The number of benzene rings is 1. The van der Waals surface area contributed by atoms with Gasteiger partial charge in [0.25, 0.3) is 0 Å². The summed E-state index contributed by atoms with van der Waals surface area (Å²) in [4.78, 5) is 11.8. The zero-order valence-corrected chi connectivity index (χ0v) is 11.7. The van der Waals surface area contributed by atoms with Crippen LogP contribution in [0.1, 0.15) is 20.8 Å². The summed E-state index contributed by atoms with van der Waals surface area (Å²) in [5.74, 6) is 0.415. The number of nitrogens with one attached hydrogen (secondary N) is 1. The molecular weight excluding hydrogens is 252 g/mol. The highest BCUT2D eigenvalue weighted by Gasteiger charge is 2.04. The zero-order chi connectivity index (χ0) is 14.5. The van der Waals surface area contributed by atoms with Gasteiger partial charge in [-0.15, -0.1) is 5.10 Å². The molecule has 0 aliphatic carbocycles. The van der Waals surface area contributed by atoms with Crippen LogP contribution in [0.3, 0.4) is 0 Å². The van der Waals surface area contributed by atoms with Gasteiger partial charge in [0.15, 0.2) is 5.82 Å². The van der Waals surface area contributed by atoms with Crippen molar-refractivity contribution in [2.75, 3.05) is 5.43 Å². The molecule has 102 valence electrons. The van der Waals surface area contributed by atoms with E-state index in [1.54, 1.807) is 19.2 Å². The maximum atomic E-state index is 11.8. The van der Waals surface area contributed by atoms with E-state index in [4.69, 9.17) is 0 Å². The molecule has 1 aromatic heterocycles. The van der Waals surface area contributed by atoms with E-state index in [9.17, 15) is 4.79 Å². The Hall–Kier alpha value is -2.56. The number of hydrogen-bond acceptors (Lipinski definition) is 5. The summed E-state index contributed by atoms with van der Waals surface area (Å²) in [6.07, 6.45) is 3.24. The normalized spacial score (nSPS) is 11.2. The number of nitrogens with zero attached hydrogens (tertiary/aromatic N) is 3. The molecule has 5 heteroatoms. The Morgan fingerprint density at radius 2 is 2.00 bits per heavy atom. The van der Waals surface area contributed by atoms with Crippen LogP contribution in [0, 0.1) is 0 Å². The van der Waals surface area contributed by atoms with Gasteiger partial charge in [-0.25, -0.2) is 0 Å². The van der Waals surface area contributed by atoms with Gasteiger partial charge in [0.05, 0.1) is 6.20 Å². The minimum atomic E-state index is -0.120. The SMILES string of the molecule is CC(C)=CC(=O)/C(C)=N/Nc1nncc2ccccc12. The van der Waals surface area contributed by atoms with Crippen molar-refractivity contribution in [1.29, 1.82) is 0 Å². The molecule has 0 atom stereocenters. The number of allylic oxidation sites excluding steroid dienone is 2. The monoisotopic (exact) mass is 268 g/mol. The standard InChI is InChI=1S/C15H16N4O/c1-10(2)8-14(20)11(3)17-19-15-13-7-5-4-6-12(13)9-16-18-15/h4-9H,1-3H3,(H,18,19)/b17-11+. The van der Waals surface area contributed by atoms with Crippen LogP contribution in [-0.2, 0) is 4.79 Å². The van der Waals surface area contributed by atoms with Gasteiger partial charge in [0.2, 0.25) is 5.78 Å². The van der Waals surface area contributed by atoms with Gasteiger partial charge in [0, 0.05) is 10.8 Å². The molecule has 0 unspecified atom stereocenters. The van der Waals surface area contributed by atoms with Crippen molar-refractivity contribution in [3.8, 4) is 0 Å². The van der Waals surface area contributed by atoms with Crippen LogP contribution < -0.4 is 5.43 Å². The quantitative estimate of drug-likeness (QED) is 0.526. The number of carbonyl (C=O) groups excluding carboxylic acids is 1. The van der Waals surface area contributed by atoms with Crippen molar-refractivity contribution in [1.82, 2.24) is 10.2 Å². The fourth-order valence-corrected chi connectivity index (χ4v) is 1.67. The number of hydrogen-bond donors (Lipinski definition) is 1. The largest absolute Gasteiger partial charge is 0.288 e. The fraction of sp³-hybridized carbons (Fsp3) is 0.200. The van der Waals surface area contributed by atoms with Crippen molar-refractivity contribution in [2.45, 2.75) is 20.8 Å². The molecule has 5 nitrogen and oxygen atoms in total. The van der Waals surface area contributed by atoms with Gasteiger partial charge >= 0.3 is 0 Å². The summed E-state index contributed by atoms with van der Waals surface area (Å²) >= 11 is 0. The zero-order valence-electron chi connectivity index (χ0n) is 11.7. The van der Waals surface area contributed by atoms with Crippen LogP contribution in [-0.4, -0.2) is 21.7 Å². The van der Waals surface area contributed by atoms with E-state index in [1.807, 2.05) is 38.1 Å². The average Bonchev–Trinajstić information content (AvgIpc) is 2.44. The number of aromatic nitrogens is 2. The third kappa shape index (κ3) is 3.26. The summed E-state index contributed by atoms with van der Waals surface area (Å²) in [7, 11) is 0. The first kappa shape index (κ1) is 13.9. The summed E-state index contributed by atoms with van der Waals surface area (Å²) in [6.45, 7) is 5.40. The molecule has 0 spiro atoms. The molecule has 1 aromatic carbocycles. The van der Waals surface area contributed by atoms with Crippen molar-refractivity contribution < 1.29 is 4.79 Å². The Morgan fingerprint density at radius 1 is 1.25 bits per heavy atom.